The molecule has 0 heterocycles. The van der Waals surface area contributed by atoms with Crippen LogP contribution in [0.15, 0.2) is 12.1 Å². The molecular weight excluding hydrogens is 205 g/mol. The van der Waals surface area contributed by atoms with E-state index in [-0.39, 0.29) is 16.7 Å². The van der Waals surface area contributed by atoms with Crippen LogP contribution in [0, 0.1) is 5.82 Å². The van der Waals surface area contributed by atoms with Crippen molar-refractivity contribution < 1.29 is 9.50 Å². The molecule has 0 saturated carbocycles. The van der Waals surface area contributed by atoms with Gasteiger partial charge in [0.05, 0.1) is 5.02 Å². The van der Waals surface area contributed by atoms with Crippen molar-refractivity contribution in [1.29, 1.82) is 0 Å². The number of phenolic OH excluding ortho intramolecular Hbond substituents is 1. The minimum Gasteiger partial charge on any atom is -0.508 e. The van der Waals surface area contributed by atoms with Crippen molar-refractivity contribution in [3.63, 3.8) is 0 Å². The maximum Gasteiger partial charge on any atom is 0.145 e. The highest BCUT2D eigenvalue weighted by Gasteiger charge is 2.13. The highest BCUT2D eigenvalue weighted by molar-refractivity contribution is 6.30. The molecule has 14 heavy (non-hydrogen) atoms. The summed E-state index contributed by atoms with van der Waals surface area (Å²) >= 11 is 5.61. The molecule has 78 valence electrons. The molecule has 0 aromatic heterocycles. The Hall–Kier alpha value is -0.800. The highest BCUT2D eigenvalue weighted by atomic mass is 35.5. The summed E-state index contributed by atoms with van der Waals surface area (Å²) in [5.74, 6) is -0.584. The van der Waals surface area contributed by atoms with E-state index in [9.17, 15) is 9.50 Å². The summed E-state index contributed by atoms with van der Waals surface area (Å²) in [6.07, 6.45) is 0.732. The SMILES string of the molecule is CC(CCN)c1cc(Cl)c(F)cc1O. The lowest BCUT2D eigenvalue weighted by Crippen LogP contribution is -2.05. The fourth-order valence-electron chi connectivity index (χ4n) is 1.35. The molecule has 4 heteroatoms. The Labute approximate surface area is 87.5 Å². The zero-order valence-corrected chi connectivity index (χ0v) is 8.68. The summed E-state index contributed by atoms with van der Waals surface area (Å²) in [4.78, 5) is 0. The van der Waals surface area contributed by atoms with Gasteiger partial charge in [0.25, 0.3) is 0 Å². The highest BCUT2D eigenvalue weighted by Crippen LogP contribution is 2.31. The quantitative estimate of drug-likeness (QED) is 0.818. The van der Waals surface area contributed by atoms with Crippen molar-refractivity contribution in [2.45, 2.75) is 19.3 Å². The van der Waals surface area contributed by atoms with Crippen molar-refractivity contribution >= 4 is 11.6 Å². The van der Waals surface area contributed by atoms with E-state index >= 15 is 0 Å². The van der Waals surface area contributed by atoms with Gasteiger partial charge in [0.2, 0.25) is 0 Å². The van der Waals surface area contributed by atoms with E-state index < -0.39 is 5.82 Å². The molecule has 1 unspecified atom stereocenters. The lowest BCUT2D eigenvalue weighted by molar-refractivity contribution is 0.455. The van der Waals surface area contributed by atoms with Gasteiger partial charge in [0, 0.05) is 6.07 Å². The number of halogens is 2. The second-order valence-corrected chi connectivity index (χ2v) is 3.71. The summed E-state index contributed by atoms with van der Waals surface area (Å²) in [6.45, 7) is 2.44. The van der Waals surface area contributed by atoms with Gasteiger partial charge in [-0.3, -0.25) is 0 Å². The molecule has 0 bridgehead atoms. The second kappa shape index (κ2) is 4.62. The second-order valence-electron chi connectivity index (χ2n) is 3.30. The van der Waals surface area contributed by atoms with Crippen LogP contribution in [0.5, 0.6) is 5.75 Å². The number of hydrogen-bond acceptors (Lipinski definition) is 2. The molecule has 0 radical (unpaired) electrons. The molecule has 1 rings (SSSR count). The van der Waals surface area contributed by atoms with Gasteiger partial charge in [0.15, 0.2) is 0 Å². The van der Waals surface area contributed by atoms with Gasteiger partial charge in [-0.2, -0.15) is 0 Å². The molecule has 1 aromatic rings. The predicted octanol–water partition coefficient (Wildman–Crippen LogP) is 2.64. The average Bonchev–Trinajstić information content (AvgIpc) is 2.11. The van der Waals surface area contributed by atoms with Gasteiger partial charge in [-0.15, -0.1) is 0 Å². The van der Waals surface area contributed by atoms with Crippen molar-refractivity contribution in [1.82, 2.24) is 0 Å². The van der Waals surface area contributed by atoms with Crippen molar-refractivity contribution in [3.05, 3.63) is 28.5 Å². The first-order valence-corrected chi connectivity index (χ1v) is 4.82. The molecule has 3 N–H and O–H groups in total. The minimum atomic E-state index is -0.604. The van der Waals surface area contributed by atoms with Crippen molar-refractivity contribution in [2.75, 3.05) is 6.54 Å². The summed E-state index contributed by atoms with van der Waals surface area (Å²) in [5, 5.41) is 9.50. The van der Waals surface area contributed by atoms with Crippen LogP contribution in [-0.2, 0) is 0 Å². The normalized spacial score (nSPS) is 12.9. The molecule has 0 aliphatic rings. The van der Waals surface area contributed by atoms with Crippen LogP contribution in [0.3, 0.4) is 0 Å². The number of rotatable bonds is 3. The number of hydrogen-bond donors (Lipinski definition) is 2. The largest absolute Gasteiger partial charge is 0.508 e. The lowest BCUT2D eigenvalue weighted by Gasteiger charge is -2.12. The van der Waals surface area contributed by atoms with Crippen molar-refractivity contribution in [3.8, 4) is 5.75 Å². The Morgan fingerprint density at radius 1 is 1.57 bits per heavy atom. The molecule has 0 spiro atoms. The molecular formula is C10H13ClFNO. The van der Waals surface area contributed by atoms with Gasteiger partial charge >= 0.3 is 0 Å². The van der Waals surface area contributed by atoms with Gasteiger partial charge in [-0.25, -0.2) is 4.39 Å². The maximum absolute atomic E-state index is 12.9. The third kappa shape index (κ3) is 2.36. The van der Waals surface area contributed by atoms with Crippen LogP contribution >= 0.6 is 11.6 Å². The fourth-order valence-corrected chi connectivity index (χ4v) is 1.52. The van der Waals surface area contributed by atoms with Crippen LogP contribution in [-0.4, -0.2) is 11.7 Å². The van der Waals surface area contributed by atoms with E-state index in [1.165, 1.54) is 6.07 Å². The van der Waals surface area contributed by atoms with Crippen LogP contribution in [0.25, 0.3) is 0 Å². The summed E-state index contributed by atoms with van der Waals surface area (Å²) in [7, 11) is 0. The Kier molecular flexibility index (Phi) is 3.72. The Morgan fingerprint density at radius 2 is 2.21 bits per heavy atom. The van der Waals surface area contributed by atoms with Gasteiger partial charge in [-0.05, 0) is 30.5 Å². The lowest BCUT2D eigenvalue weighted by atomic mass is 9.97. The number of aromatic hydroxyl groups is 1. The third-order valence-electron chi connectivity index (χ3n) is 2.20. The summed E-state index contributed by atoms with van der Waals surface area (Å²) in [6, 6.07) is 2.48. The molecule has 0 saturated heterocycles. The van der Waals surface area contributed by atoms with Gasteiger partial charge in [0.1, 0.15) is 11.6 Å². The number of phenols is 1. The van der Waals surface area contributed by atoms with E-state index in [0.29, 0.717) is 12.1 Å². The van der Waals surface area contributed by atoms with Crippen molar-refractivity contribution in [2.24, 2.45) is 5.73 Å². The monoisotopic (exact) mass is 217 g/mol. The van der Waals surface area contributed by atoms with Crippen LogP contribution in [0.1, 0.15) is 24.8 Å². The van der Waals surface area contributed by atoms with Crippen LogP contribution < -0.4 is 5.73 Å². The first-order valence-electron chi connectivity index (χ1n) is 4.44. The number of benzene rings is 1. The first-order chi connectivity index (χ1) is 6.56. The van der Waals surface area contributed by atoms with E-state index in [4.69, 9.17) is 17.3 Å². The Balaban J connectivity index is 3.02. The first kappa shape index (κ1) is 11.3. The molecule has 0 fully saturated rings. The molecule has 2 nitrogen and oxygen atoms in total. The number of nitrogens with two attached hydrogens (primary N) is 1. The molecule has 1 aromatic carbocycles. The summed E-state index contributed by atoms with van der Waals surface area (Å²) < 4.78 is 12.9. The van der Waals surface area contributed by atoms with Gasteiger partial charge in [-0.1, -0.05) is 18.5 Å². The Morgan fingerprint density at radius 3 is 2.79 bits per heavy atom. The molecule has 0 aliphatic heterocycles. The smallest absolute Gasteiger partial charge is 0.145 e. The molecule has 1 atom stereocenters. The minimum absolute atomic E-state index is 0.0293. The molecule has 0 aliphatic carbocycles. The average molecular weight is 218 g/mol. The Bertz CT molecular complexity index is 330. The molecule has 0 amide bonds. The van der Waals surface area contributed by atoms with E-state index in [0.717, 1.165) is 12.5 Å². The topological polar surface area (TPSA) is 46.2 Å². The van der Waals surface area contributed by atoms with E-state index in [1.54, 1.807) is 0 Å². The zero-order chi connectivity index (χ0) is 10.7. The van der Waals surface area contributed by atoms with Gasteiger partial charge < -0.3 is 10.8 Å². The predicted molar refractivity (Wildman–Crippen MR) is 55.2 cm³/mol. The fraction of sp³-hybridized carbons (Fsp3) is 0.400. The standard InChI is InChI=1S/C10H13ClFNO/c1-6(2-3-13)7-4-8(11)9(12)5-10(7)14/h4-6,14H,2-3,13H2,1H3. The van der Waals surface area contributed by atoms with Crippen LogP contribution in [0.2, 0.25) is 5.02 Å². The summed E-state index contributed by atoms with van der Waals surface area (Å²) in [5.41, 5.74) is 6.04. The zero-order valence-electron chi connectivity index (χ0n) is 7.93. The third-order valence-corrected chi connectivity index (χ3v) is 2.49. The maximum atomic E-state index is 12.9. The van der Waals surface area contributed by atoms with E-state index in [2.05, 4.69) is 0 Å². The van der Waals surface area contributed by atoms with Crippen LogP contribution in [0.4, 0.5) is 4.39 Å². The van der Waals surface area contributed by atoms with E-state index in [1.807, 2.05) is 6.92 Å².